The first kappa shape index (κ1) is 26.7. The van der Waals surface area contributed by atoms with Crippen LogP contribution in [0.2, 0.25) is 5.02 Å². The van der Waals surface area contributed by atoms with Crippen molar-refractivity contribution in [3.63, 3.8) is 0 Å². The third kappa shape index (κ3) is 5.33. The van der Waals surface area contributed by atoms with Gasteiger partial charge in [-0.25, -0.2) is 23.5 Å². The van der Waals surface area contributed by atoms with Gasteiger partial charge >= 0.3 is 24.1 Å². The number of aromatic nitrogens is 3. The van der Waals surface area contributed by atoms with Gasteiger partial charge in [0.15, 0.2) is 5.75 Å². The van der Waals surface area contributed by atoms with E-state index in [1.165, 1.54) is 18.3 Å². The van der Waals surface area contributed by atoms with Crippen molar-refractivity contribution < 1.29 is 41.3 Å². The third-order valence-corrected chi connectivity index (χ3v) is 4.93. The minimum atomic E-state index is -5.00. The Balaban J connectivity index is 2.09. The number of nitrogens with zero attached hydrogens (tertiary/aromatic N) is 3. The number of ether oxygens (including phenoxy) is 4. The van der Waals surface area contributed by atoms with Gasteiger partial charge in [0.05, 0.1) is 17.8 Å². The fourth-order valence-electron chi connectivity index (χ4n) is 2.94. The van der Waals surface area contributed by atoms with Crippen LogP contribution >= 0.6 is 11.6 Å². The van der Waals surface area contributed by atoms with Crippen LogP contribution in [0.4, 0.5) is 17.6 Å². The summed E-state index contributed by atoms with van der Waals surface area (Å²) >= 11 is 6.05. The maximum Gasteiger partial charge on any atom is 0.431 e. The van der Waals surface area contributed by atoms with Crippen molar-refractivity contribution in [2.45, 2.75) is 12.5 Å². The van der Waals surface area contributed by atoms with Crippen LogP contribution in [-0.2, 0) is 27.5 Å². The molecule has 3 rings (SSSR count). The number of hydrogen-bond acceptors (Lipinski definition) is 8. The van der Waals surface area contributed by atoms with E-state index in [0.29, 0.717) is 6.07 Å². The number of methoxy groups -OCH3 is 2. The van der Waals surface area contributed by atoms with E-state index >= 15 is 0 Å². The average molecular weight is 534 g/mol. The monoisotopic (exact) mass is 533 g/mol. The molecule has 0 N–H and O–H groups in total. The molecule has 36 heavy (non-hydrogen) atoms. The van der Waals surface area contributed by atoms with E-state index in [2.05, 4.69) is 9.72 Å². The second-order valence-corrected chi connectivity index (χ2v) is 7.30. The van der Waals surface area contributed by atoms with Gasteiger partial charge in [-0.2, -0.15) is 13.2 Å². The standard InChI is InChI=1S/C21H16ClF4N3O7/c1-28-15(21(24,25)26)9-16(30)29(20(28)32)12-8-14(10(22)7-11(12)23)35-13-5-4-6-27-17(13)36-19(34-3)18(31)33-2/h4-9,19H,1-3H3. The Morgan fingerprint density at radius 2 is 1.83 bits per heavy atom. The first-order valence-electron chi connectivity index (χ1n) is 9.68. The lowest BCUT2D eigenvalue weighted by Crippen LogP contribution is -2.41. The molecule has 0 saturated heterocycles. The molecule has 1 aromatic carbocycles. The van der Waals surface area contributed by atoms with Crippen molar-refractivity contribution in [2.75, 3.05) is 14.2 Å². The van der Waals surface area contributed by atoms with Gasteiger partial charge in [0.2, 0.25) is 0 Å². The molecule has 192 valence electrons. The highest BCUT2D eigenvalue weighted by Gasteiger charge is 2.35. The highest BCUT2D eigenvalue weighted by atomic mass is 35.5. The third-order valence-electron chi connectivity index (χ3n) is 4.64. The molecule has 1 unspecified atom stereocenters. The molecule has 0 aliphatic heterocycles. The van der Waals surface area contributed by atoms with E-state index in [0.717, 1.165) is 27.3 Å². The number of esters is 1. The quantitative estimate of drug-likeness (QED) is 0.259. The molecule has 0 spiro atoms. The minimum Gasteiger partial charge on any atom is -0.464 e. The highest BCUT2D eigenvalue weighted by molar-refractivity contribution is 6.32. The van der Waals surface area contributed by atoms with E-state index in [1.807, 2.05) is 0 Å². The zero-order valence-corrected chi connectivity index (χ0v) is 19.4. The minimum absolute atomic E-state index is 0.154. The van der Waals surface area contributed by atoms with Crippen LogP contribution in [0.1, 0.15) is 5.69 Å². The Hall–Kier alpha value is -3.91. The number of halogens is 5. The molecular formula is C21H16ClF4N3O7. The summed E-state index contributed by atoms with van der Waals surface area (Å²) in [5.74, 6) is -2.85. The lowest BCUT2D eigenvalue weighted by Gasteiger charge is -2.18. The highest BCUT2D eigenvalue weighted by Crippen LogP contribution is 2.36. The molecule has 10 nitrogen and oxygen atoms in total. The number of hydrogen-bond donors (Lipinski definition) is 0. The summed E-state index contributed by atoms with van der Waals surface area (Å²) < 4.78 is 74.8. The van der Waals surface area contributed by atoms with E-state index < -0.39 is 46.9 Å². The molecule has 0 radical (unpaired) electrons. The summed E-state index contributed by atoms with van der Waals surface area (Å²) in [6.45, 7) is 0. The van der Waals surface area contributed by atoms with Crippen molar-refractivity contribution in [1.29, 1.82) is 0 Å². The predicted molar refractivity (Wildman–Crippen MR) is 115 cm³/mol. The number of carbonyl (C=O) groups is 1. The second-order valence-electron chi connectivity index (χ2n) is 6.89. The van der Waals surface area contributed by atoms with Crippen LogP contribution in [0.3, 0.4) is 0 Å². The second kappa shape index (κ2) is 10.4. The molecule has 0 amide bonds. The number of benzene rings is 1. The summed E-state index contributed by atoms with van der Waals surface area (Å²) in [5, 5.41) is -0.334. The van der Waals surface area contributed by atoms with Gasteiger partial charge in [-0.1, -0.05) is 11.6 Å². The number of carbonyl (C=O) groups excluding carboxylic acids is 1. The lowest BCUT2D eigenvalue weighted by atomic mass is 10.2. The van der Waals surface area contributed by atoms with E-state index in [-0.39, 0.29) is 37.6 Å². The SMILES string of the molecule is COC(=O)C(OC)Oc1ncccc1Oc1cc(-n2c(=O)cc(C(F)(F)F)n(C)c2=O)c(F)cc1Cl. The van der Waals surface area contributed by atoms with Gasteiger partial charge in [0.25, 0.3) is 11.4 Å². The van der Waals surface area contributed by atoms with Crippen LogP contribution in [0.25, 0.3) is 5.69 Å². The van der Waals surface area contributed by atoms with Crippen molar-refractivity contribution in [1.82, 2.24) is 14.1 Å². The molecule has 3 aromatic rings. The topological polar surface area (TPSA) is 111 Å². The fourth-order valence-corrected chi connectivity index (χ4v) is 3.13. The van der Waals surface area contributed by atoms with Crippen molar-refractivity contribution >= 4 is 17.6 Å². The largest absolute Gasteiger partial charge is 0.464 e. The van der Waals surface area contributed by atoms with Crippen LogP contribution in [0.5, 0.6) is 17.4 Å². The van der Waals surface area contributed by atoms with Crippen molar-refractivity contribution in [2.24, 2.45) is 7.05 Å². The van der Waals surface area contributed by atoms with Crippen molar-refractivity contribution in [3.05, 3.63) is 73.9 Å². The van der Waals surface area contributed by atoms with Gasteiger partial charge in [0, 0.05) is 32.5 Å². The van der Waals surface area contributed by atoms with Crippen LogP contribution in [0, 0.1) is 5.82 Å². The summed E-state index contributed by atoms with van der Waals surface area (Å²) in [4.78, 5) is 40.6. The first-order valence-corrected chi connectivity index (χ1v) is 10.1. The van der Waals surface area contributed by atoms with E-state index in [1.54, 1.807) is 0 Å². The Labute approximate surface area is 204 Å². The Kier molecular flexibility index (Phi) is 7.69. The predicted octanol–water partition coefficient (Wildman–Crippen LogP) is 3.06. The average Bonchev–Trinajstić information content (AvgIpc) is 2.82. The molecule has 15 heteroatoms. The number of rotatable bonds is 7. The molecule has 0 aliphatic carbocycles. The normalized spacial score (nSPS) is 12.2. The maximum absolute atomic E-state index is 14.7. The summed E-state index contributed by atoms with van der Waals surface area (Å²) in [5.41, 5.74) is -5.16. The zero-order chi connectivity index (χ0) is 26.8. The van der Waals surface area contributed by atoms with Crippen LogP contribution in [-0.4, -0.2) is 40.6 Å². The van der Waals surface area contributed by atoms with E-state index in [4.69, 9.17) is 25.8 Å². The molecule has 2 heterocycles. The van der Waals surface area contributed by atoms with Gasteiger partial charge in [-0.3, -0.25) is 9.36 Å². The molecule has 0 bridgehead atoms. The molecule has 0 fully saturated rings. The van der Waals surface area contributed by atoms with Crippen molar-refractivity contribution in [3.8, 4) is 23.1 Å². The molecule has 1 atom stereocenters. The molecular weight excluding hydrogens is 518 g/mol. The van der Waals surface area contributed by atoms with Gasteiger partial charge in [-0.05, 0) is 18.2 Å². The zero-order valence-electron chi connectivity index (χ0n) is 18.6. The maximum atomic E-state index is 14.7. The van der Waals surface area contributed by atoms with Gasteiger partial charge < -0.3 is 18.9 Å². The van der Waals surface area contributed by atoms with Crippen LogP contribution < -0.4 is 20.7 Å². The smallest absolute Gasteiger partial charge is 0.431 e. The van der Waals surface area contributed by atoms with Gasteiger partial charge in [0.1, 0.15) is 17.3 Å². The number of pyridine rings is 1. The van der Waals surface area contributed by atoms with Gasteiger partial charge in [-0.15, -0.1) is 0 Å². The Bertz CT molecular complexity index is 1420. The summed E-state index contributed by atoms with van der Waals surface area (Å²) in [6, 6.07) is 4.42. The summed E-state index contributed by atoms with van der Waals surface area (Å²) in [7, 11) is 3.04. The molecule has 0 aliphatic rings. The fraction of sp³-hybridized carbons (Fsp3) is 0.238. The Morgan fingerprint density at radius 1 is 1.14 bits per heavy atom. The summed E-state index contributed by atoms with van der Waals surface area (Å²) in [6.07, 6.45) is -5.24. The number of alkyl halides is 3. The van der Waals surface area contributed by atoms with Crippen LogP contribution in [0.15, 0.2) is 46.1 Å². The Morgan fingerprint density at radius 3 is 2.44 bits per heavy atom. The molecule has 0 saturated carbocycles. The first-order chi connectivity index (χ1) is 16.9. The van der Waals surface area contributed by atoms with E-state index in [9.17, 15) is 31.9 Å². The molecule has 2 aromatic heterocycles. The lowest BCUT2D eigenvalue weighted by molar-refractivity contribution is -0.170.